The number of rotatable bonds is 4. The Hall–Kier alpha value is -3.35. The number of hydrogen-bond acceptors (Lipinski definition) is 5. The number of carbonyl (C=O) groups is 1. The van der Waals surface area contributed by atoms with Crippen LogP contribution in [0.3, 0.4) is 0 Å². The summed E-state index contributed by atoms with van der Waals surface area (Å²) in [6, 6.07) is 8.89. The Morgan fingerprint density at radius 3 is 2.92 bits per heavy atom. The number of fused-ring (bicyclic) bond motifs is 1. The number of nitrogens with one attached hydrogen (secondary N) is 1. The summed E-state index contributed by atoms with van der Waals surface area (Å²) >= 11 is 0. The molecule has 1 aliphatic rings. The summed E-state index contributed by atoms with van der Waals surface area (Å²) in [4.78, 5) is 20.8. The van der Waals surface area contributed by atoms with Gasteiger partial charge in [-0.25, -0.2) is 9.97 Å². The van der Waals surface area contributed by atoms with E-state index in [4.69, 9.17) is 9.47 Å². The van der Waals surface area contributed by atoms with Crippen LogP contribution < -0.4 is 14.8 Å². The van der Waals surface area contributed by atoms with Gasteiger partial charge in [-0.15, -0.1) is 0 Å². The highest BCUT2D eigenvalue weighted by molar-refractivity contribution is 5.94. The molecule has 1 aliphatic heterocycles. The third-order valence-corrected chi connectivity index (χ3v) is 4.02. The lowest BCUT2D eigenvalue weighted by molar-refractivity contribution is 0.0939. The standard InChI is InChI=1S/C18H16N4O3/c1-12(13-2-3-15-16(8-13)25-11-24-15)21-18(23)14-4-5-20-17(9-14)22-7-6-19-10-22/h2-10,12H,11H2,1H3,(H,21,23)/t12-/m1/s1. The Morgan fingerprint density at radius 2 is 2.08 bits per heavy atom. The Labute approximate surface area is 144 Å². The second-order valence-corrected chi connectivity index (χ2v) is 5.68. The van der Waals surface area contributed by atoms with Gasteiger partial charge in [-0.05, 0) is 36.8 Å². The fraction of sp³-hybridized carbons (Fsp3) is 0.167. The third kappa shape index (κ3) is 3.03. The lowest BCUT2D eigenvalue weighted by Crippen LogP contribution is -2.26. The first-order valence-electron chi connectivity index (χ1n) is 7.85. The molecule has 25 heavy (non-hydrogen) atoms. The summed E-state index contributed by atoms with van der Waals surface area (Å²) in [6.45, 7) is 2.15. The molecule has 1 amide bonds. The van der Waals surface area contributed by atoms with E-state index in [1.807, 2.05) is 25.1 Å². The minimum Gasteiger partial charge on any atom is -0.454 e. The van der Waals surface area contributed by atoms with Crippen molar-refractivity contribution in [2.24, 2.45) is 0 Å². The van der Waals surface area contributed by atoms with Gasteiger partial charge in [-0.3, -0.25) is 9.36 Å². The van der Waals surface area contributed by atoms with Crippen molar-refractivity contribution < 1.29 is 14.3 Å². The van der Waals surface area contributed by atoms with Gasteiger partial charge in [0.1, 0.15) is 12.1 Å². The van der Waals surface area contributed by atoms with Gasteiger partial charge in [-0.1, -0.05) is 6.07 Å². The quantitative estimate of drug-likeness (QED) is 0.792. The number of hydrogen-bond donors (Lipinski definition) is 1. The lowest BCUT2D eigenvalue weighted by Gasteiger charge is -2.15. The molecule has 0 saturated heterocycles. The fourth-order valence-corrected chi connectivity index (χ4v) is 2.64. The second-order valence-electron chi connectivity index (χ2n) is 5.68. The number of carbonyl (C=O) groups excluding carboxylic acids is 1. The molecular formula is C18H16N4O3. The van der Waals surface area contributed by atoms with Crippen molar-refractivity contribution in [3.05, 3.63) is 66.4 Å². The van der Waals surface area contributed by atoms with Gasteiger partial charge in [0.05, 0.1) is 6.04 Å². The number of ether oxygens (including phenoxy) is 2. The number of aromatic nitrogens is 3. The highest BCUT2D eigenvalue weighted by Crippen LogP contribution is 2.34. The molecule has 3 heterocycles. The van der Waals surface area contributed by atoms with E-state index in [-0.39, 0.29) is 18.7 Å². The summed E-state index contributed by atoms with van der Waals surface area (Å²) in [5.74, 6) is 1.89. The molecule has 2 aromatic heterocycles. The van der Waals surface area contributed by atoms with Crippen LogP contribution in [0.2, 0.25) is 0 Å². The zero-order valence-corrected chi connectivity index (χ0v) is 13.5. The Balaban J connectivity index is 1.51. The molecule has 0 radical (unpaired) electrons. The largest absolute Gasteiger partial charge is 0.454 e. The maximum atomic E-state index is 12.6. The Kier molecular flexibility index (Phi) is 3.81. The van der Waals surface area contributed by atoms with Gasteiger partial charge in [0, 0.05) is 24.2 Å². The van der Waals surface area contributed by atoms with Crippen LogP contribution in [0.5, 0.6) is 11.5 Å². The zero-order chi connectivity index (χ0) is 17.2. The molecule has 1 atom stereocenters. The predicted molar refractivity (Wildman–Crippen MR) is 89.8 cm³/mol. The summed E-state index contributed by atoms with van der Waals surface area (Å²) in [6.07, 6.45) is 6.68. The molecule has 3 aromatic rings. The molecule has 0 unspecified atom stereocenters. The number of pyridine rings is 1. The first kappa shape index (κ1) is 15.2. The van der Waals surface area contributed by atoms with E-state index >= 15 is 0 Å². The first-order chi connectivity index (χ1) is 12.2. The van der Waals surface area contributed by atoms with Crippen molar-refractivity contribution in [3.63, 3.8) is 0 Å². The summed E-state index contributed by atoms with van der Waals surface area (Å²) in [7, 11) is 0. The van der Waals surface area contributed by atoms with Crippen LogP contribution in [0, 0.1) is 0 Å². The summed E-state index contributed by atoms with van der Waals surface area (Å²) in [5, 5.41) is 2.99. The third-order valence-electron chi connectivity index (χ3n) is 4.02. The van der Waals surface area contributed by atoms with E-state index in [0.717, 1.165) is 11.3 Å². The van der Waals surface area contributed by atoms with Crippen LogP contribution in [0.4, 0.5) is 0 Å². The van der Waals surface area contributed by atoms with Crippen LogP contribution in [0.1, 0.15) is 28.9 Å². The van der Waals surface area contributed by atoms with Gasteiger partial charge in [0.2, 0.25) is 6.79 Å². The minimum absolute atomic E-state index is 0.172. The molecule has 0 bridgehead atoms. The average molecular weight is 336 g/mol. The SMILES string of the molecule is C[C@@H](NC(=O)c1ccnc(-n2ccnc2)c1)c1ccc2c(c1)OCO2. The number of benzene rings is 1. The maximum Gasteiger partial charge on any atom is 0.251 e. The van der Waals surface area contributed by atoms with Gasteiger partial charge in [-0.2, -0.15) is 0 Å². The Bertz CT molecular complexity index is 908. The molecule has 0 spiro atoms. The van der Waals surface area contributed by atoms with Crippen LogP contribution >= 0.6 is 0 Å². The monoisotopic (exact) mass is 336 g/mol. The van der Waals surface area contributed by atoms with E-state index in [1.54, 1.807) is 41.6 Å². The van der Waals surface area contributed by atoms with Crippen LogP contribution in [-0.2, 0) is 0 Å². The van der Waals surface area contributed by atoms with Gasteiger partial charge in [0.25, 0.3) is 5.91 Å². The number of amides is 1. The zero-order valence-electron chi connectivity index (χ0n) is 13.5. The summed E-state index contributed by atoms with van der Waals surface area (Å²) in [5.41, 5.74) is 1.48. The molecule has 7 nitrogen and oxygen atoms in total. The molecule has 1 N–H and O–H groups in total. The van der Waals surface area contributed by atoms with Crippen LogP contribution in [0.25, 0.3) is 5.82 Å². The second kappa shape index (κ2) is 6.27. The molecule has 0 fully saturated rings. The van der Waals surface area contributed by atoms with Crippen molar-refractivity contribution in [1.29, 1.82) is 0 Å². The van der Waals surface area contributed by atoms with Crippen molar-refractivity contribution in [3.8, 4) is 17.3 Å². The molecule has 0 saturated carbocycles. The van der Waals surface area contributed by atoms with Crippen molar-refractivity contribution >= 4 is 5.91 Å². The predicted octanol–water partition coefficient (Wildman–Crippen LogP) is 2.49. The molecule has 126 valence electrons. The van der Waals surface area contributed by atoms with E-state index in [1.165, 1.54) is 0 Å². The minimum atomic E-state index is -0.174. The molecular weight excluding hydrogens is 320 g/mol. The average Bonchev–Trinajstić information content (AvgIpc) is 3.32. The summed E-state index contributed by atoms with van der Waals surface area (Å²) < 4.78 is 12.4. The van der Waals surface area contributed by atoms with Crippen LogP contribution in [-0.4, -0.2) is 27.2 Å². The van der Waals surface area contributed by atoms with Crippen molar-refractivity contribution in [2.45, 2.75) is 13.0 Å². The van der Waals surface area contributed by atoms with E-state index in [0.29, 0.717) is 17.1 Å². The first-order valence-corrected chi connectivity index (χ1v) is 7.85. The lowest BCUT2D eigenvalue weighted by atomic mass is 10.1. The maximum absolute atomic E-state index is 12.6. The molecule has 1 aromatic carbocycles. The van der Waals surface area contributed by atoms with Crippen molar-refractivity contribution in [2.75, 3.05) is 6.79 Å². The molecule has 4 rings (SSSR count). The highest BCUT2D eigenvalue weighted by atomic mass is 16.7. The molecule has 7 heteroatoms. The number of imidazole rings is 1. The van der Waals surface area contributed by atoms with Gasteiger partial charge in [0.15, 0.2) is 11.5 Å². The van der Waals surface area contributed by atoms with Gasteiger partial charge < -0.3 is 14.8 Å². The molecule has 0 aliphatic carbocycles. The van der Waals surface area contributed by atoms with E-state index in [9.17, 15) is 4.79 Å². The van der Waals surface area contributed by atoms with Gasteiger partial charge >= 0.3 is 0 Å². The fourth-order valence-electron chi connectivity index (χ4n) is 2.64. The van der Waals surface area contributed by atoms with Crippen LogP contribution in [0.15, 0.2) is 55.2 Å². The van der Waals surface area contributed by atoms with E-state index in [2.05, 4.69) is 15.3 Å². The smallest absolute Gasteiger partial charge is 0.251 e. The topological polar surface area (TPSA) is 78.3 Å². The highest BCUT2D eigenvalue weighted by Gasteiger charge is 2.17. The Morgan fingerprint density at radius 1 is 1.20 bits per heavy atom. The number of nitrogens with zero attached hydrogens (tertiary/aromatic N) is 3. The van der Waals surface area contributed by atoms with Crippen molar-refractivity contribution in [1.82, 2.24) is 19.9 Å². The van der Waals surface area contributed by atoms with E-state index < -0.39 is 0 Å². The normalized spacial score (nSPS) is 13.5.